The van der Waals surface area contributed by atoms with Crippen molar-refractivity contribution in [3.63, 3.8) is 0 Å². The highest BCUT2D eigenvalue weighted by Crippen LogP contribution is 2.21. The van der Waals surface area contributed by atoms with Crippen molar-refractivity contribution in [1.29, 1.82) is 0 Å². The summed E-state index contributed by atoms with van der Waals surface area (Å²) >= 11 is 0. The summed E-state index contributed by atoms with van der Waals surface area (Å²) < 4.78 is 0. The molecule has 1 fully saturated rings. The first kappa shape index (κ1) is 9.71. The second-order valence-corrected chi connectivity index (χ2v) is 3.53. The third kappa shape index (κ3) is 1.70. The summed E-state index contributed by atoms with van der Waals surface area (Å²) in [4.78, 5) is 17.0. The van der Waals surface area contributed by atoms with E-state index < -0.39 is 0 Å². The lowest BCUT2D eigenvalue weighted by Gasteiger charge is -2.15. The largest absolute Gasteiger partial charge is 0.872 e. The molecule has 0 unspecified atom stereocenters. The van der Waals surface area contributed by atoms with Crippen LogP contribution in [0.2, 0.25) is 0 Å². The molecule has 0 aromatic carbocycles. The molecule has 0 radical (unpaired) electrons. The van der Waals surface area contributed by atoms with Gasteiger partial charge in [-0.1, -0.05) is 11.8 Å². The van der Waals surface area contributed by atoms with Gasteiger partial charge in [-0.15, -0.1) is 0 Å². The molecule has 4 heteroatoms. The van der Waals surface area contributed by atoms with E-state index in [-0.39, 0.29) is 11.7 Å². The molecule has 1 amide bonds. The lowest BCUT2D eigenvalue weighted by Crippen LogP contribution is -2.20. The molecule has 0 aliphatic carbocycles. The maximum Gasteiger partial charge on any atom is 0.248 e. The molecule has 0 spiro atoms. The van der Waals surface area contributed by atoms with E-state index in [4.69, 9.17) is 0 Å². The Morgan fingerprint density at radius 2 is 2.40 bits per heavy atom. The molecule has 0 saturated carbocycles. The SMILES string of the molecule is CN1CC/C(=C(\[O-])c2cccnc2)C1=O. The first-order valence-electron chi connectivity index (χ1n) is 4.76. The van der Waals surface area contributed by atoms with Crippen molar-refractivity contribution in [3.05, 3.63) is 35.7 Å². The molecular formula is C11H11N2O2-. The van der Waals surface area contributed by atoms with E-state index in [1.807, 2.05) is 0 Å². The third-order valence-electron chi connectivity index (χ3n) is 2.50. The monoisotopic (exact) mass is 203 g/mol. The van der Waals surface area contributed by atoms with Gasteiger partial charge < -0.3 is 10.0 Å². The number of pyridine rings is 1. The van der Waals surface area contributed by atoms with Gasteiger partial charge in [0.25, 0.3) is 0 Å². The van der Waals surface area contributed by atoms with Gasteiger partial charge >= 0.3 is 0 Å². The molecule has 1 saturated heterocycles. The van der Waals surface area contributed by atoms with Crippen LogP contribution in [0.1, 0.15) is 12.0 Å². The van der Waals surface area contributed by atoms with Crippen LogP contribution >= 0.6 is 0 Å². The average molecular weight is 203 g/mol. The third-order valence-corrected chi connectivity index (χ3v) is 2.50. The van der Waals surface area contributed by atoms with E-state index in [1.165, 1.54) is 6.20 Å². The summed E-state index contributed by atoms with van der Waals surface area (Å²) in [5, 5.41) is 11.9. The summed E-state index contributed by atoms with van der Waals surface area (Å²) in [7, 11) is 1.70. The minimum Gasteiger partial charge on any atom is -0.872 e. The van der Waals surface area contributed by atoms with Crippen LogP contribution in [0.15, 0.2) is 30.1 Å². The van der Waals surface area contributed by atoms with E-state index in [1.54, 1.807) is 30.3 Å². The highest BCUT2D eigenvalue weighted by Gasteiger charge is 2.22. The molecule has 1 aliphatic rings. The van der Waals surface area contributed by atoms with E-state index in [2.05, 4.69) is 4.98 Å². The zero-order chi connectivity index (χ0) is 10.8. The molecule has 1 aromatic heterocycles. The van der Waals surface area contributed by atoms with Gasteiger partial charge in [0.05, 0.1) is 0 Å². The Labute approximate surface area is 87.9 Å². The molecule has 78 valence electrons. The van der Waals surface area contributed by atoms with Crippen LogP contribution < -0.4 is 5.11 Å². The van der Waals surface area contributed by atoms with Crippen molar-refractivity contribution >= 4 is 11.7 Å². The Bertz CT molecular complexity index is 412. The number of rotatable bonds is 1. The Morgan fingerprint density at radius 3 is 2.93 bits per heavy atom. The number of carbonyl (C=O) groups is 1. The molecular weight excluding hydrogens is 192 g/mol. The van der Waals surface area contributed by atoms with E-state index >= 15 is 0 Å². The second kappa shape index (κ2) is 3.73. The summed E-state index contributed by atoms with van der Waals surface area (Å²) in [6.45, 7) is 0.625. The fourth-order valence-corrected chi connectivity index (χ4v) is 1.60. The number of nitrogens with zero attached hydrogens (tertiary/aromatic N) is 2. The van der Waals surface area contributed by atoms with Gasteiger partial charge in [0.1, 0.15) is 0 Å². The van der Waals surface area contributed by atoms with Gasteiger partial charge in [-0.05, 0) is 18.1 Å². The molecule has 1 aliphatic heterocycles. The van der Waals surface area contributed by atoms with Crippen molar-refractivity contribution in [2.45, 2.75) is 6.42 Å². The normalized spacial score (nSPS) is 19.5. The fraction of sp³-hybridized carbons (Fsp3) is 0.273. The smallest absolute Gasteiger partial charge is 0.248 e. The maximum atomic E-state index is 11.9. The zero-order valence-electron chi connectivity index (χ0n) is 8.43. The molecule has 0 N–H and O–H groups in total. The standard InChI is InChI=1S/C11H12N2O2/c1-13-6-4-9(11(13)15)10(14)8-3-2-5-12-7-8/h2-3,5,7,14H,4,6H2,1H3/p-1/b10-9+. The first-order valence-corrected chi connectivity index (χ1v) is 4.76. The van der Waals surface area contributed by atoms with Crippen LogP contribution in [0, 0.1) is 0 Å². The van der Waals surface area contributed by atoms with Crippen LogP contribution in [0.4, 0.5) is 0 Å². The van der Waals surface area contributed by atoms with Gasteiger partial charge in [-0.2, -0.15) is 0 Å². The van der Waals surface area contributed by atoms with Crippen LogP contribution in [0.3, 0.4) is 0 Å². The fourth-order valence-electron chi connectivity index (χ4n) is 1.60. The van der Waals surface area contributed by atoms with Crippen LogP contribution in [0.5, 0.6) is 0 Å². The number of hydrogen-bond acceptors (Lipinski definition) is 3. The molecule has 15 heavy (non-hydrogen) atoms. The molecule has 2 heterocycles. The van der Waals surface area contributed by atoms with Crippen LogP contribution in [-0.2, 0) is 4.79 Å². The Morgan fingerprint density at radius 1 is 1.60 bits per heavy atom. The minimum atomic E-state index is -0.197. The minimum absolute atomic E-state index is 0.163. The second-order valence-electron chi connectivity index (χ2n) is 3.53. The van der Waals surface area contributed by atoms with Gasteiger partial charge in [0.15, 0.2) is 0 Å². The van der Waals surface area contributed by atoms with Crippen molar-refractivity contribution in [1.82, 2.24) is 9.88 Å². The highest BCUT2D eigenvalue weighted by molar-refractivity contribution is 6.01. The quantitative estimate of drug-likeness (QED) is 0.477. The van der Waals surface area contributed by atoms with Crippen molar-refractivity contribution < 1.29 is 9.90 Å². The van der Waals surface area contributed by atoms with Gasteiger partial charge in [0, 0.05) is 31.6 Å². The lowest BCUT2D eigenvalue weighted by molar-refractivity contribution is -0.245. The van der Waals surface area contributed by atoms with Crippen molar-refractivity contribution in [2.24, 2.45) is 0 Å². The molecule has 4 nitrogen and oxygen atoms in total. The molecule has 0 atom stereocenters. The van der Waals surface area contributed by atoms with E-state index in [9.17, 15) is 9.90 Å². The average Bonchev–Trinajstić information content (AvgIpc) is 2.60. The zero-order valence-corrected chi connectivity index (χ0v) is 8.43. The van der Waals surface area contributed by atoms with Gasteiger partial charge in [-0.3, -0.25) is 9.78 Å². The molecule has 2 rings (SSSR count). The number of likely N-dealkylation sites (N-methyl/N-ethyl adjacent to an activating group) is 1. The van der Waals surface area contributed by atoms with Crippen molar-refractivity contribution in [3.8, 4) is 0 Å². The van der Waals surface area contributed by atoms with Gasteiger partial charge in [0.2, 0.25) is 5.91 Å². The predicted octanol–water partition coefficient (Wildman–Crippen LogP) is 0.0151. The number of amides is 1. The summed E-state index contributed by atoms with van der Waals surface area (Å²) in [5.41, 5.74) is 0.849. The predicted molar refractivity (Wildman–Crippen MR) is 53.4 cm³/mol. The number of aromatic nitrogens is 1. The Kier molecular flexibility index (Phi) is 2.41. The van der Waals surface area contributed by atoms with Crippen LogP contribution in [-0.4, -0.2) is 29.4 Å². The summed E-state index contributed by atoms with van der Waals surface area (Å²) in [5.74, 6) is -0.360. The Balaban J connectivity index is 2.39. The molecule has 0 bridgehead atoms. The number of carbonyl (C=O) groups excluding carboxylic acids is 1. The Hall–Kier alpha value is -1.84. The topological polar surface area (TPSA) is 56.3 Å². The summed E-state index contributed by atoms with van der Waals surface area (Å²) in [6, 6.07) is 3.37. The maximum absolute atomic E-state index is 11.9. The highest BCUT2D eigenvalue weighted by atomic mass is 16.3. The van der Waals surface area contributed by atoms with Gasteiger partial charge in [-0.25, -0.2) is 0 Å². The van der Waals surface area contributed by atoms with E-state index in [0.717, 1.165) is 0 Å². The lowest BCUT2D eigenvalue weighted by atomic mass is 10.1. The summed E-state index contributed by atoms with van der Waals surface area (Å²) in [6.07, 6.45) is 3.62. The van der Waals surface area contributed by atoms with Crippen molar-refractivity contribution in [2.75, 3.05) is 13.6 Å². The van der Waals surface area contributed by atoms with Crippen LogP contribution in [0.25, 0.3) is 5.76 Å². The molecule has 1 aromatic rings. The number of hydrogen-bond donors (Lipinski definition) is 0. The number of likely N-dealkylation sites (tertiary alicyclic amines) is 1. The first-order chi connectivity index (χ1) is 7.20. The van der Waals surface area contributed by atoms with E-state index in [0.29, 0.717) is 24.1 Å².